The molecule has 46 heavy (non-hydrogen) atoms. The molecule has 4 aromatic heterocycles. The SMILES string of the molecule is Cn1c(-c2ccc3c(c2)c(=O)c2cc4c(cc2n3C)c(=O)c2cc(-c3nc5ccccc5n3C)ccc2n4C)nc2ccccc21. The number of aryl methyl sites for hydroxylation is 4. The third kappa shape index (κ3) is 3.49. The van der Waals surface area contributed by atoms with E-state index >= 15 is 0 Å². The predicted octanol–water partition coefficient (Wildman–Crippen LogP) is 6.80. The van der Waals surface area contributed by atoms with Crippen LogP contribution in [0.4, 0.5) is 0 Å². The minimum atomic E-state index is -0.0737. The summed E-state index contributed by atoms with van der Waals surface area (Å²) in [5.74, 6) is 1.60. The number of hydrogen-bond donors (Lipinski definition) is 0. The maximum atomic E-state index is 14.2. The number of benzene rings is 5. The topological polar surface area (TPSA) is 79.6 Å². The summed E-state index contributed by atoms with van der Waals surface area (Å²) in [6.45, 7) is 0. The summed E-state index contributed by atoms with van der Waals surface area (Å²) in [6, 6.07) is 31.6. The molecule has 0 aliphatic heterocycles. The van der Waals surface area contributed by atoms with Crippen LogP contribution in [0.1, 0.15) is 0 Å². The lowest BCUT2D eigenvalue weighted by molar-refractivity contribution is 0.959. The molecule has 0 aliphatic carbocycles. The normalized spacial score (nSPS) is 12.1. The molecule has 0 radical (unpaired) electrons. The first-order chi connectivity index (χ1) is 22.3. The zero-order chi connectivity index (χ0) is 31.4. The van der Waals surface area contributed by atoms with Crippen LogP contribution in [0.3, 0.4) is 0 Å². The fourth-order valence-electron chi connectivity index (χ4n) is 7.15. The van der Waals surface area contributed by atoms with Crippen molar-refractivity contribution in [3.8, 4) is 22.8 Å². The Morgan fingerprint density at radius 2 is 0.804 bits per heavy atom. The van der Waals surface area contributed by atoms with Gasteiger partial charge in [0.1, 0.15) is 11.6 Å². The van der Waals surface area contributed by atoms with E-state index in [0.29, 0.717) is 32.6 Å². The van der Waals surface area contributed by atoms with E-state index in [9.17, 15) is 9.59 Å². The zero-order valence-corrected chi connectivity index (χ0v) is 25.7. The quantitative estimate of drug-likeness (QED) is 0.204. The molecule has 0 aliphatic rings. The van der Waals surface area contributed by atoms with E-state index in [1.165, 1.54) is 0 Å². The van der Waals surface area contributed by atoms with Crippen molar-refractivity contribution < 1.29 is 0 Å². The van der Waals surface area contributed by atoms with Crippen LogP contribution in [0.25, 0.3) is 88.5 Å². The highest BCUT2D eigenvalue weighted by Gasteiger charge is 2.18. The van der Waals surface area contributed by atoms with Gasteiger partial charge in [-0.25, -0.2) is 9.97 Å². The van der Waals surface area contributed by atoms with Gasteiger partial charge in [0.05, 0.1) is 44.1 Å². The van der Waals surface area contributed by atoms with E-state index < -0.39 is 0 Å². The molecule has 0 atom stereocenters. The zero-order valence-electron chi connectivity index (χ0n) is 25.7. The number of pyridine rings is 2. The second-order valence-electron chi connectivity index (χ2n) is 12.1. The monoisotopic (exact) mass is 600 g/mol. The fraction of sp³-hybridized carbons (Fsp3) is 0.105. The molecule has 0 fully saturated rings. The first-order valence-corrected chi connectivity index (χ1v) is 15.2. The van der Waals surface area contributed by atoms with Gasteiger partial charge in [-0.2, -0.15) is 0 Å². The van der Waals surface area contributed by atoms with Gasteiger partial charge in [0.25, 0.3) is 0 Å². The van der Waals surface area contributed by atoms with Crippen LogP contribution in [0, 0.1) is 0 Å². The Kier molecular flexibility index (Phi) is 5.30. The minimum Gasteiger partial charge on any atom is -0.343 e. The number of imidazole rings is 2. The molecule has 9 aromatic rings. The maximum Gasteiger partial charge on any atom is 0.197 e. The van der Waals surface area contributed by atoms with Gasteiger partial charge in [-0.15, -0.1) is 0 Å². The standard InChI is InChI=1S/C38H28N6O2/c1-41-29-15-13-21(37-39-27-9-5-7-11-31(27)43(37)3)17-23(29)35(45)25-20-34-26(19-33(25)41)36(46)24-18-22(14-16-30(24)42(34)2)38-40-28-10-6-8-12-32(28)44(38)4/h5-20H,1-4H3. The van der Waals surface area contributed by atoms with Crippen LogP contribution >= 0.6 is 0 Å². The van der Waals surface area contributed by atoms with E-state index in [0.717, 1.165) is 55.9 Å². The number of hydrogen-bond acceptors (Lipinski definition) is 4. The molecule has 222 valence electrons. The number of fused-ring (bicyclic) bond motifs is 6. The molecule has 8 heteroatoms. The van der Waals surface area contributed by atoms with Crippen molar-refractivity contribution in [1.29, 1.82) is 0 Å². The lowest BCUT2D eigenvalue weighted by Gasteiger charge is -2.15. The molecular formula is C38H28N6O2. The van der Waals surface area contributed by atoms with Gasteiger partial charge in [0.2, 0.25) is 0 Å². The average molecular weight is 601 g/mol. The third-order valence-corrected chi connectivity index (χ3v) is 9.62. The summed E-state index contributed by atoms with van der Waals surface area (Å²) in [4.78, 5) is 38.0. The van der Waals surface area contributed by atoms with E-state index in [-0.39, 0.29) is 10.9 Å². The Hall–Kier alpha value is -6.02. The summed E-state index contributed by atoms with van der Waals surface area (Å²) in [5.41, 5.74) is 8.49. The first-order valence-electron chi connectivity index (χ1n) is 15.2. The highest BCUT2D eigenvalue weighted by Crippen LogP contribution is 2.31. The van der Waals surface area contributed by atoms with Crippen LogP contribution in [0.5, 0.6) is 0 Å². The molecule has 8 nitrogen and oxygen atoms in total. The Bertz CT molecular complexity index is 2700. The molecule has 0 N–H and O–H groups in total. The van der Waals surface area contributed by atoms with Crippen molar-refractivity contribution in [3.63, 3.8) is 0 Å². The molecule has 0 saturated carbocycles. The predicted molar refractivity (Wildman–Crippen MR) is 186 cm³/mol. The lowest BCUT2D eigenvalue weighted by atomic mass is 10.0. The largest absolute Gasteiger partial charge is 0.343 e. The van der Waals surface area contributed by atoms with Crippen molar-refractivity contribution in [1.82, 2.24) is 28.2 Å². The van der Waals surface area contributed by atoms with E-state index in [1.54, 1.807) is 0 Å². The number of nitrogens with zero attached hydrogens (tertiary/aromatic N) is 6. The summed E-state index contributed by atoms with van der Waals surface area (Å²) in [7, 11) is 7.87. The summed E-state index contributed by atoms with van der Waals surface area (Å²) in [6.07, 6.45) is 0. The Balaban J connectivity index is 1.27. The smallest absolute Gasteiger partial charge is 0.197 e. The lowest BCUT2D eigenvalue weighted by Crippen LogP contribution is -2.13. The Morgan fingerprint density at radius 1 is 0.413 bits per heavy atom. The van der Waals surface area contributed by atoms with Gasteiger partial charge in [0.15, 0.2) is 10.9 Å². The molecule has 5 aromatic carbocycles. The maximum absolute atomic E-state index is 14.2. The van der Waals surface area contributed by atoms with Crippen molar-refractivity contribution in [2.24, 2.45) is 28.2 Å². The fourth-order valence-corrected chi connectivity index (χ4v) is 7.15. The summed E-state index contributed by atoms with van der Waals surface area (Å²) in [5, 5.41) is 2.35. The van der Waals surface area contributed by atoms with Gasteiger partial charge in [-0.05, 0) is 72.8 Å². The van der Waals surface area contributed by atoms with E-state index in [1.807, 2.05) is 134 Å². The van der Waals surface area contributed by atoms with E-state index in [2.05, 4.69) is 9.13 Å². The van der Waals surface area contributed by atoms with Crippen LogP contribution in [-0.4, -0.2) is 28.2 Å². The minimum absolute atomic E-state index is 0.0737. The highest BCUT2D eigenvalue weighted by molar-refractivity contribution is 6.04. The second-order valence-corrected chi connectivity index (χ2v) is 12.1. The van der Waals surface area contributed by atoms with Crippen LogP contribution in [0.2, 0.25) is 0 Å². The van der Waals surface area contributed by atoms with Crippen molar-refractivity contribution in [2.45, 2.75) is 0 Å². The van der Waals surface area contributed by atoms with Gasteiger partial charge >= 0.3 is 0 Å². The highest BCUT2D eigenvalue weighted by atomic mass is 16.1. The van der Waals surface area contributed by atoms with Crippen LogP contribution in [0.15, 0.2) is 107 Å². The van der Waals surface area contributed by atoms with Gasteiger partial charge < -0.3 is 18.3 Å². The van der Waals surface area contributed by atoms with Gasteiger partial charge in [-0.1, -0.05) is 24.3 Å². The molecule has 4 heterocycles. The molecule has 9 rings (SSSR count). The molecule has 0 amide bonds. The average Bonchev–Trinajstić information content (AvgIpc) is 3.61. The Morgan fingerprint density at radius 3 is 1.22 bits per heavy atom. The number of rotatable bonds is 2. The van der Waals surface area contributed by atoms with Crippen LogP contribution in [-0.2, 0) is 28.2 Å². The molecule has 0 spiro atoms. The van der Waals surface area contributed by atoms with Gasteiger partial charge in [-0.3, -0.25) is 9.59 Å². The molecule has 0 bridgehead atoms. The van der Waals surface area contributed by atoms with E-state index in [4.69, 9.17) is 9.97 Å². The van der Waals surface area contributed by atoms with Gasteiger partial charge in [0, 0.05) is 60.9 Å². The number of para-hydroxylation sites is 4. The van der Waals surface area contributed by atoms with Crippen molar-refractivity contribution in [2.75, 3.05) is 0 Å². The number of aromatic nitrogens is 6. The second kappa shape index (κ2) is 9.25. The summed E-state index contributed by atoms with van der Waals surface area (Å²) >= 11 is 0. The molecular weight excluding hydrogens is 572 g/mol. The van der Waals surface area contributed by atoms with Crippen molar-refractivity contribution in [3.05, 3.63) is 118 Å². The summed E-state index contributed by atoms with van der Waals surface area (Å²) < 4.78 is 8.11. The van der Waals surface area contributed by atoms with Crippen LogP contribution < -0.4 is 10.9 Å². The Labute approximate surface area is 262 Å². The molecule has 0 unspecified atom stereocenters. The third-order valence-electron chi connectivity index (χ3n) is 9.62. The van der Waals surface area contributed by atoms with Crippen molar-refractivity contribution >= 4 is 65.7 Å². The first kappa shape index (κ1) is 26.4. The molecule has 0 saturated heterocycles.